The van der Waals surface area contributed by atoms with E-state index in [1.54, 1.807) is 0 Å². The fraction of sp³-hybridized carbons (Fsp3) is 0.0909. The normalized spacial score (nSPS) is 14.0. The van der Waals surface area contributed by atoms with E-state index in [4.69, 9.17) is 0 Å². The van der Waals surface area contributed by atoms with E-state index in [1.165, 1.54) is 33.9 Å². The number of para-hydroxylation sites is 1. The Morgan fingerprint density at radius 1 is 1.12 bits per heavy atom. The highest BCUT2D eigenvalue weighted by Gasteiger charge is 2.23. The summed E-state index contributed by atoms with van der Waals surface area (Å²) in [6, 6.07) is 16.7. The maximum atomic E-state index is 2.40. The van der Waals surface area contributed by atoms with Crippen molar-refractivity contribution in [1.82, 2.24) is 4.57 Å². The second-order valence-corrected chi connectivity index (χ2v) is 6.52. The van der Waals surface area contributed by atoms with Crippen LogP contribution in [0.2, 0.25) is 0 Å². The second-order valence-electron chi connectivity index (χ2n) is 6.52. The standard InChI is InChI=1S/C22H19N3/c1-23-13-14-24(16-23)18-11-12-20-19-9-5-6-10-21(19)25(22(20)15-18)17-7-3-2-4-8-17/h2-7,9-16H,8H2,1H3. The third-order valence-corrected chi connectivity index (χ3v) is 4.87. The van der Waals surface area contributed by atoms with Gasteiger partial charge in [-0.05, 0) is 17.7 Å². The predicted octanol–water partition coefficient (Wildman–Crippen LogP) is 3.46. The first kappa shape index (κ1) is 14.2. The van der Waals surface area contributed by atoms with Gasteiger partial charge < -0.3 is 0 Å². The summed E-state index contributed by atoms with van der Waals surface area (Å²) in [5.41, 5.74) is 4.99. The van der Waals surface area contributed by atoms with Crippen LogP contribution in [0.15, 0.2) is 85.5 Å². The van der Waals surface area contributed by atoms with Crippen LogP contribution in [0.4, 0.5) is 0 Å². The van der Waals surface area contributed by atoms with Gasteiger partial charge in [0.15, 0.2) is 6.33 Å². The molecular formula is C22H19N3. The van der Waals surface area contributed by atoms with Crippen molar-refractivity contribution in [2.45, 2.75) is 6.42 Å². The van der Waals surface area contributed by atoms with Gasteiger partial charge in [0.05, 0.1) is 25.1 Å². The molecule has 3 nitrogen and oxygen atoms in total. The Labute approximate surface area is 147 Å². The Morgan fingerprint density at radius 3 is 2.84 bits per heavy atom. The molecule has 0 spiro atoms. The Balaban J connectivity index is 1.79. The van der Waals surface area contributed by atoms with Crippen LogP contribution in [0, 0.1) is 6.04 Å². The third kappa shape index (κ3) is 2.20. The topological polar surface area (TPSA) is 12.7 Å². The Morgan fingerprint density at radius 2 is 2.04 bits per heavy atom. The summed E-state index contributed by atoms with van der Waals surface area (Å²) >= 11 is 0. The van der Waals surface area contributed by atoms with Gasteiger partial charge in [0, 0.05) is 11.8 Å². The minimum absolute atomic E-state index is 0.951. The van der Waals surface area contributed by atoms with Gasteiger partial charge in [-0.15, -0.1) is 18.2 Å². The number of benzene rings is 2. The molecule has 1 aliphatic heterocycles. The summed E-state index contributed by atoms with van der Waals surface area (Å²) in [5.74, 6) is 0. The summed E-state index contributed by atoms with van der Waals surface area (Å²) in [5, 5.41) is 1.30. The number of hydrogen-bond acceptors (Lipinski definition) is 0. The molecule has 3 heteroatoms. The monoisotopic (exact) mass is 325 g/mol. The van der Waals surface area contributed by atoms with Gasteiger partial charge in [-0.1, -0.05) is 36.4 Å². The molecule has 0 atom stereocenters. The molecule has 0 radical (unpaired) electrons. The largest absolute Gasteiger partial charge is 0.299 e. The summed E-state index contributed by atoms with van der Waals surface area (Å²) in [4.78, 5) is 0. The maximum absolute atomic E-state index is 2.40. The second kappa shape index (κ2) is 5.42. The van der Waals surface area contributed by atoms with Gasteiger partial charge in [-0.3, -0.25) is 13.7 Å². The zero-order valence-corrected chi connectivity index (χ0v) is 14.1. The summed E-state index contributed by atoms with van der Waals surface area (Å²) in [7, 11) is 2.04. The summed E-state index contributed by atoms with van der Waals surface area (Å²) in [6.45, 7) is 0. The number of aromatic nitrogens is 3. The van der Waals surface area contributed by atoms with Crippen molar-refractivity contribution in [3.8, 4) is 16.9 Å². The van der Waals surface area contributed by atoms with Crippen molar-refractivity contribution in [1.29, 1.82) is 0 Å². The van der Waals surface area contributed by atoms with Gasteiger partial charge in [-0.2, -0.15) is 0 Å². The number of aryl methyl sites for hydroxylation is 1. The van der Waals surface area contributed by atoms with E-state index in [2.05, 4.69) is 99.2 Å². The number of rotatable bonds is 2. The summed E-state index contributed by atoms with van der Waals surface area (Å²) < 4.78 is 6.61. The molecule has 2 heterocycles. The van der Waals surface area contributed by atoms with E-state index in [9.17, 15) is 0 Å². The SMILES string of the molecule is Cn1cc[n+](-[c-]2ccc3c4ccccc4[n+]([C-]4C=CC=CC4)c-3c2)c1. The van der Waals surface area contributed by atoms with Crippen LogP contribution in [0.3, 0.4) is 0 Å². The van der Waals surface area contributed by atoms with Gasteiger partial charge in [0.2, 0.25) is 0 Å². The van der Waals surface area contributed by atoms with Crippen molar-refractivity contribution in [2.24, 2.45) is 7.05 Å². The van der Waals surface area contributed by atoms with Crippen LogP contribution in [-0.2, 0) is 7.05 Å². The molecule has 5 rings (SSSR count). The van der Waals surface area contributed by atoms with Gasteiger partial charge in [0.25, 0.3) is 0 Å². The van der Waals surface area contributed by atoms with Crippen LogP contribution < -0.4 is 9.13 Å². The van der Waals surface area contributed by atoms with Crippen molar-refractivity contribution in [2.75, 3.05) is 0 Å². The molecule has 0 amide bonds. The van der Waals surface area contributed by atoms with Gasteiger partial charge in [-0.25, -0.2) is 0 Å². The lowest BCUT2D eigenvalue weighted by Gasteiger charge is -2.17. The number of hydrogen-bond donors (Lipinski definition) is 0. The molecule has 2 aliphatic carbocycles. The Hall–Kier alpha value is -3.20. The molecule has 0 saturated heterocycles. The number of allylic oxidation sites excluding steroid dienone is 4. The summed E-state index contributed by atoms with van der Waals surface area (Å²) in [6.07, 6.45) is 15.9. The van der Waals surface area contributed by atoms with Crippen LogP contribution in [0.25, 0.3) is 27.8 Å². The van der Waals surface area contributed by atoms with Crippen molar-refractivity contribution in [3.05, 3.63) is 91.5 Å². The number of fused-ring (bicyclic) bond motifs is 3. The molecule has 0 unspecified atom stereocenters. The molecule has 0 N–H and O–H groups in total. The smallest absolute Gasteiger partial charge is 0.185 e. The van der Waals surface area contributed by atoms with Crippen molar-refractivity contribution < 1.29 is 9.13 Å². The lowest BCUT2D eigenvalue weighted by atomic mass is 10.1. The van der Waals surface area contributed by atoms with Crippen LogP contribution in [0.1, 0.15) is 6.42 Å². The highest BCUT2D eigenvalue weighted by Crippen LogP contribution is 2.32. The maximum Gasteiger partial charge on any atom is 0.185 e. The first-order valence-corrected chi connectivity index (χ1v) is 8.57. The van der Waals surface area contributed by atoms with E-state index in [-0.39, 0.29) is 0 Å². The molecule has 25 heavy (non-hydrogen) atoms. The minimum atomic E-state index is 0.951. The van der Waals surface area contributed by atoms with E-state index < -0.39 is 0 Å². The van der Waals surface area contributed by atoms with E-state index in [0.717, 1.165) is 6.42 Å². The average Bonchev–Trinajstić information content (AvgIpc) is 3.23. The molecule has 2 aromatic rings. The predicted molar refractivity (Wildman–Crippen MR) is 98.4 cm³/mol. The van der Waals surface area contributed by atoms with Gasteiger partial charge >= 0.3 is 0 Å². The molecule has 122 valence electrons. The quantitative estimate of drug-likeness (QED) is 0.395. The fourth-order valence-electron chi connectivity index (χ4n) is 3.70. The van der Waals surface area contributed by atoms with Crippen LogP contribution >= 0.6 is 0 Å². The van der Waals surface area contributed by atoms with Crippen molar-refractivity contribution >= 4 is 10.9 Å². The van der Waals surface area contributed by atoms with E-state index in [1.807, 2.05) is 7.05 Å². The third-order valence-electron chi connectivity index (χ3n) is 4.87. The molecule has 0 bridgehead atoms. The fourth-order valence-corrected chi connectivity index (χ4v) is 3.70. The molecule has 1 aromatic carbocycles. The lowest BCUT2D eigenvalue weighted by molar-refractivity contribution is -0.613. The highest BCUT2D eigenvalue weighted by molar-refractivity contribution is 5.94. The molecule has 0 fully saturated rings. The van der Waals surface area contributed by atoms with E-state index in [0.29, 0.717) is 0 Å². The highest BCUT2D eigenvalue weighted by atomic mass is 15.1. The molecule has 0 saturated carbocycles. The lowest BCUT2D eigenvalue weighted by Crippen LogP contribution is -2.40. The minimum Gasteiger partial charge on any atom is -0.299 e. The zero-order valence-electron chi connectivity index (χ0n) is 14.1. The first-order chi connectivity index (χ1) is 12.3. The molecule has 1 aromatic heterocycles. The number of nitrogens with zero attached hydrogens (tertiary/aromatic N) is 3. The molecule has 3 aliphatic rings. The number of imidazole rings is 1. The van der Waals surface area contributed by atoms with Crippen LogP contribution in [0.5, 0.6) is 0 Å². The molecular weight excluding hydrogens is 306 g/mol. The Kier molecular flexibility index (Phi) is 3.07. The Bertz CT molecular complexity index is 1090. The average molecular weight is 325 g/mol. The van der Waals surface area contributed by atoms with Crippen molar-refractivity contribution in [3.63, 3.8) is 0 Å². The van der Waals surface area contributed by atoms with E-state index >= 15 is 0 Å². The zero-order chi connectivity index (χ0) is 16.8. The van der Waals surface area contributed by atoms with Crippen LogP contribution in [-0.4, -0.2) is 4.57 Å². The van der Waals surface area contributed by atoms with Gasteiger partial charge in [0.1, 0.15) is 17.3 Å². The first-order valence-electron chi connectivity index (χ1n) is 8.57.